The van der Waals surface area contributed by atoms with Gasteiger partial charge in [0.25, 0.3) is 0 Å². The van der Waals surface area contributed by atoms with E-state index in [4.69, 9.17) is 19.4 Å². The summed E-state index contributed by atoms with van der Waals surface area (Å²) in [6.45, 7) is 0. The van der Waals surface area contributed by atoms with E-state index in [0.29, 0.717) is 17.5 Å². The maximum atomic E-state index is 6.67. The Labute approximate surface area is 306 Å². The Morgan fingerprint density at radius 2 is 0.755 bits per heavy atom. The van der Waals surface area contributed by atoms with Crippen LogP contribution in [0.1, 0.15) is 0 Å². The minimum absolute atomic E-state index is 0.618. The van der Waals surface area contributed by atoms with E-state index in [9.17, 15) is 0 Å². The van der Waals surface area contributed by atoms with Gasteiger partial charge in [0, 0.05) is 32.8 Å². The van der Waals surface area contributed by atoms with Crippen molar-refractivity contribution in [2.24, 2.45) is 0 Å². The summed E-state index contributed by atoms with van der Waals surface area (Å²) >= 11 is 0. The molecule has 4 nitrogen and oxygen atoms in total. The van der Waals surface area contributed by atoms with Gasteiger partial charge in [-0.3, -0.25) is 0 Å². The van der Waals surface area contributed by atoms with E-state index in [1.165, 1.54) is 22.1 Å². The second-order valence-corrected chi connectivity index (χ2v) is 13.2. The lowest BCUT2D eigenvalue weighted by molar-refractivity contribution is 0.673. The highest BCUT2D eigenvalue weighted by Crippen LogP contribution is 2.41. The molecule has 0 unspecified atom stereocenters. The fourth-order valence-electron chi connectivity index (χ4n) is 7.26. The normalized spacial score (nSPS) is 11.4. The molecule has 0 aliphatic carbocycles. The van der Waals surface area contributed by atoms with Crippen LogP contribution < -0.4 is 0 Å². The van der Waals surface area contributed by atoms with Crippen LogP contribution in [0.25, 0.3) is 100 Å². The second-order valence-electron chi connectivity index (χ2n) is 13.2. The molecule has 8 aromatic carbocycles. The highest BCUT2D eigenvalue weighted by molar-refractivity contribution is 6.19. The maximum Gasteiger partial charge on any atom is 0.164 e. The van der Waals surface area contributed by atoms with E-state index in [0.717, 1.165) is 60.7 Å². The lowest BCUT2D eigenvalue weighted by atomic mass is 9.95. The van der Waals surface area contributed by atoms with Crippen molar-refractivity contribution >= 4 is 32.7 Å². The molecule has 0 spiro atoms. The fraction of sp³-hybridized carbons (Fsp3) is 0. The molecule has 53 heavy (non-hydrogen) atoms. The predicted molar refractivity (Wildman–Crippen MR) is 217 cm³/mol. The molecule has 0 saturated heterocycles. The third kappa shape index (κ3) is 5.63. The second kappa shape index (κ2) is 12.9. The van der Waals surface area contributed by atoms with Gasteiger partial charge in [0.1, 0.15) is 11.2 Å². The number of rotatable bonds is 6. The molecule has 0 bridgehead atoms. The van der Waals surface area contributed by atoms with Crippen LogP contribution in [0.4, 0.5) is 0 Å². The van der Waals surface area contributed by atoms with Crippen LogP contribution >= 0.6 is 0 Å². The lowest BCUT2D eigenvalue weighted by Gasteiger charge is -2.10. The zero-order chi connectivity index (χ0) is 35.1. The monoisotopic (exact) mass is 677 g/mol. The van der Waals surface area contributed by atoms with Gasteiger partial charge in [0.05, 0.1) is 0 Å². The Morgan fingerprint density at radius 1 is 0.283 bits per heavy atom. The van der Waals surface area contributed by atoms with E-state index < -0.39 is 0 Å². The molecule has 0 radical (unpaired) electrons. The molecule has 0 aliphatic heterocycles. The van der Waals surface area contributed by atoms with E-state index in [-0.39, 0.29) is 0 Å². The van der Waals surface area contributed by atoms with Crippen molar-refractivity contribution in [2.45, 2.75) is 0 Å². The maximum absolute atomic E-state index is 6.67. The first-order valence-corrected chi connectivity index (χ1v) is 17.8. The summed E-state index contributed by atoms with van der Waals surface area (Å²) in [5.41, 5.74) is 11.3. The van der Waals surface area contributed by atoms with E-state index >= 15 is 0 Å². The van der Waals surface area contributed by atoms with Crippen LogP contribution in [0.3, 0.4) is 0 Å². The Bertz CT molecular complexity index is 2920. The van der Waals surface area contributed by atoms with Gasteiger partial charge in [-0.2, -0.15) is 0 Å². The van der Waals surface area contributed by atoms with Gasteiger partial charge in [-0.15, -0.1) is 0 Å². The fourth-order valence-corrected chi connectivity index (χ4v) is 7.26. The topological polar surface area (TPSA) is 51.8 Å². The van der Waals surface area contributed by atoms with Crippen molar-refractivity contribution in [1.29, 1.82) is 0 Å². The van der Waals surface area contributed by atoms with Crippen molar-refractivity contribution in [2.75, 3.05) is 0 Å². The number of nitrogens with zero attached hydrogens (tertiary/aromatic N) is 3. The third-order valence-corrected chi connectivity index (χ3v) is 9.94. The summed E-state index contributed by atoms with van der Waals surface area (Å²) in [4.78, 5) is 15.0. The molecule has 0 fully saturated rings. The Morgan fingerprint density at radius 3 is 1.45 bits per heavy atom. The number of furan rings is 1. The minimum atomic E-state index is 0.618. The zero-order valence-electron chi connectivity index (χ0n) is 28.6. The first-order valence-electron chi connectivity index (χ1n) is 17.8. The number of hydrogen-bond donors (Lipinski definition) is 0. The van der Waals surface area contributed by atoms with Crippen molar-refractivity contribution in [3.05, 3.63) is 188 Å². The molecule has 2 aromatic heterocycles. The highest BCUT2D eigenvalue weighted by atomic mass is 16.3. The molecule has 0 amide bonds. The van der Waals surface area contributed by atoms with E-state index in [2.05, 4.69) is 152 Å². The van der Waals surface area contributed by atoms with Crippen molar-refractivity contribution in [1.82, 2.24) is 15.0 Å². The standard InChI is InChI=1S/C49H31N3O/c1-4-13-32(14-5-1)33-23-25-36(26-24-33)48-50-47(35-17-8-3-9-18-35)51-49(52-48)39-20-12-19-37(29-39)38-27-28-41-44-31-43(34-15-6-2-7-16-34)40-21-10-11-22-42(40)46(44)53-45(41)30-38/h1-31H. The zero-order valence-corrected chi connectivity index (χ0v) is 28.6. The molecule has 4 heteroatoms. The van der Waals surface area contributed by atoms with Crippen LogP contribution in [0, 0.1) is 0 Å². The number of benzene rings is 8. The Balaban J connectivity index is 1.06. The molecule has 2 heterocycles. The average Bonchev–Trinajstić information content (AvgIpc) is 3.62. The Hall–Kier alpha value is -7.17. The van der Waals surface area contributed by atoms with Gasteiger partial charge in [0.15, 0.2) is 17.5 Å². The van der Waals surface area contributed by atoms with Crippen LogP contribution in [-0.2, 0) is 0 Å². The number of fused-ring (bicyclic) bond motifs is 5. The van der Waals surface area contributed by atoms with E-state index in [1.807, 2.05) is 36.4 Å². The molecule has 248 valence electrons. The molecule has 10 aromatic rings. The first kappa shape index (κ1) is 30.6. The van der Waals surface area contributed by atoms with Crippen molar-refractivity contribution < 1.29 is 4.42 Å². The van der Waals surface area contributed by atoms with Crippen molar-refractivity contribution in [3.63, 3.8) is 0 Å². The summed E-state index contributed by atoms with van der Waals surface area (Å²) in [7, 11) is 0. The van der Waals surface area contributed by atoms with Crippen LogP contribution in [-0.4, -0.2) is 15.0 Å². The highest BCUT2D eigenvalue weighted by Gasteiger charge is 2.17. The lowest BCUT2D eigenvalue weighted by Crippen LogP contribution is -2.00. The Kier molecular flexibility index (Phi) is 7.43. The van der Waals surface area contributed by atoms with Crippen LogP contribution in [0.2, 0.25) is 0 Å². The molecular formula is C49H31N3O. The molecule has 0 saturated carbocycles. The first-order chi connectivity index (χ1) is 26.2. The van der Waals surface area contributed by atoms with Crippen molar-refractivity contribution in [3.8, 4) is 67.5 Å². The van der Waals surface area contributed by atoms with E-state index in [1.54, 1.807) is 0 Å². The molecule has 0 N–H and O–H groups in total. The summed E-state index contributed by atoms with van der Waals surface area (Å²) in [6, 6.07) is 65.1. The van der Waals surface area contributed by atoms with Gasteiger partial charge in [-0.05, 0) is 63.0 Å². The number of hydrogen-bond acceptors (Lipinski definition) is 4. The van der Waals surface area contributed by atoms with Crippen LogP contribution in [0.15, 0.2) is 192 Å². The summed E-state index contributed by atoms with van der Waals surface area (Å²) in [5, 5.41) is 4.49. The SMILES string of the molecule is c1ccc(-c2ccc(-c3nc(-c4ccccc4)nc(-c4cccc(-c5ccc6c(c5)oc5c7ccccc7c(-c7ccccc7)cc65)c4)n3)cc2)cc1. The predicted octanol–water partition coefficient (Wildman–Crippen LogP) is 12.9. The smallest absolute Gasteiger partial charge is 0.164 e. The van der Waals surface area contributed by atoms with Crippen LogP contribution in [0.5, 0.6) is 0 Å². The van der Waals surface area contributed by atoms with Gasteiger partial charge in [0.2, 0.25) is 0 Å². The minimum Gasteiger partial charge on any atom is -0.455 e. The van der Waals surface area contributed by atoms with Gasteiger partial charge in [-0.25, -0.2) is 15.0 Å². The summed E-state index contributed by atoms with van der Waals surface area (Å²) < 4.78 is 6.67. The van der Waals surface area contributed by atoms with Gasteiger partial charge >= 0.3 is 0 Å². The summed E-state index contributed by atoms with van der Waals surface area (Å²) in [5.74, 6) is 1.88. The molecule has 0 atom stereocenters. The quantitative estimate of drug-likeness (QED) is 0.176. The number of aromatic nitrogens is 3. The summed E-state index contributed by atoms with van der Waals surface area (Å²) in [6.07, 6.45) is 0. The van der Waals surface area contributed by atoms with Gasteiger partial charge in [-0.1, -0.05) is 164 Å². The molecule has 0 aliphatic rings. The third-order valence-electron chi connectivity index (χ3n) is 9.94. The largest absolute Gasteiger partial charge is 0.455 e. The molecular weight excluding hydrogens is 647 g/mol. The average molecular weight is 678 g/mol. The van der Waals surface area contributed by atoms with Gasteiger partial charge < -0.3 is 4.42 Å². The molecule has 10 rings (SSSR count).